The third-order valence-corrected chi connectivity index (χ3v) is 3.80. The lowest BCUT2D eigenvalue weighted by atomic mass is 10.0. The Bertz CT molecular complexity index is 632. The monoisotopic (exact) mass is 289 g/mol. The van der Waals surface area contributed by atoms with E-state index in [9.17, 15) is 4.79 Å². The van der Waals surface area contributed by atoms with E-state index in [-0.39, 0.29) is 11.9 Å². The van der Waals surface area contributed by atoms with Crippen molar-refractivity contribution in [3.8, 4) is 0 Å². The van der Waals surface area contributed by atoms with Crippen molar-refractivity contribution in [3.63, 3.8) is 0 Å². The van der Waals surface area contributed by atoms with E-state index in [1.165, 1.54) is 0 Å². The lowest BCUT2D eigenvalue weighted by Gasteiger charge is -2.32. The van der Waals surface area contributed by atoms with Crippen molar-refractivity contribution in [1.82, 2.24) is 15.0 Å². The zero-order chi connectivity index (χ0) is 14.8. The zero-order valence-corrected chi connectivity index (χ0v) is 12.3. The molecule has 3 rings (SSSR count). The highest BCUT2D eigenvalue weighted by molar-refractivity contribution is 5.91. The summed E-state index contributed by atoms with van der Waals surface area (Å²) in [5, 5.41) is 3.93. The Morgan fingerprint density at radius 1 is 1.43 bits per heavy atom. The molecule has 1 saturated heterocycles. The second-order valence-electron chi connectivity index (χ2n) is 5.32. The molecule has 112 valence electrons. The summed E-state index contributed by atoms with van der Waals surface area (Å²) in [5.41, 5.74) is 0. The van der Waals surface area contributed by atoms with Gasteiger partial charge in [0.25, 0.3) is 5.91 Å². The molecule has 0 spiro atoms. The average molecular weight is 289 g/mol. The molecule has 0 aliphatic carbocycles. The van der Waals surface area contributed by atoms with E-state index in [0.717, 1.165) is 31.4 Å². The number of likely N-dealkylation sites (tertiary alicyclic amines) is 1. The molecule has 2 aromatic rings. The fourth-order valence-corrected chi connectivity index (χ4v) is 2.67. The zero-order valence-electron chi connectivity index (χ0n) is 12.3. The van der Waals surface area contributed by atoms with Crippen LogP contribution in [0.5, 0.6) is 0 Å². The molecule has 1 aliphatic heterocycles. The molecule has 1 atom stereocenters. The first kappa shape index (κ1) is 13.9. The summed E-state index contributed by atoms with van der Waals surface area (Å²) in [6.07, 6.45) is 3.60. The van der Waals surface area contributed by atoms with E-state index in [4.69, 9.17) is 8.94 Å². The number of carbonyl (C=O) groups is 1. The number of furan rings is 1. The van der Waals surface area contributed by atoms with Gasteiger partial charge in [0.05, 0.1) is 0 Å². The van der Waals surface area contributed by atoms with Gasteiger partial charge in [-0.3, -0.25) is 4.79 Å². The minimum Gasteiger partial charge on any atom is -0.456 e. The van der Waals surface area contributed by atoms with Gasteiger partial charge in [-0.15, -0.1) is 0 Å². The van der Waals surface area contributed by atoms with Crippen molar-refractivity contribution in [3.05, 3.63) is 35.4 Å². The van der Waals surface area contributed by atoms with Gasteiger partial charge in [-0.05, 0) is 38.3 Å². The Morgan fingerprint density at radius 2 is 2.29 bits per heavy atom. The van der Waals surface area contributed by atoms with Crippen LogP contribution in [0.1, 0.15) is 60.3 Å². The minimum absolute atomic E-state index is 0.107. The first-order valence-corrected chi connectivity index (χ1v) is 7.39. The van der Waals surface area contributed by atoms with Crippen LogP contribution < -0.4 is 0 Å². The Kier molecular flexibility index (Phi) is 3.77. The van der Waals surface area contributed by atoms with E-state index in [0.29, 0.717) is 24.0 Å². The Balaban J connectivity index is 1.85. The summed E-state index contributed by atoms with van der Waals surface area (Å²) >= 11 is 0. The predicted octanol–water partition coefficient (Wildman–Crippen LogP) is 2.90. The van der Waals surface area contributed by atoms with Crippen LogP contribution in [0.3, 0.4) is 0 Å². The molecule has 0 radical (unpaired) electrons. The fourth-order valence-electron chi connectivity index (χ4n) is 2.67. The Morgan fingerprint density at radius 3 is 2.95 bits per heavy atom. The molecule has 0 unspecified atom stereocenters. The normalized spacial score (nSPS) is 19.0. The predicted molar refractivity (Wildman–Crippen MR) is 74.7 cm³/mol. The maximum Gasteiger partial charge on any atom is 0.290 e. The van der Waals surface area contributed by atoms with Crippen molar-refractivity contribution in [2.75, 3.05) is 6.54 Å². The molecule has 1 aliphatic rings. The van der Waals surface area contributed by atoms with Gasteiger partial charge in [0.1, 0.15) is 11.8 Å². The number of nitrogens with zero attached hydrogens (tertiary/aromatic N) is 3. The first-order chi connectivity index (χ1) is 10.2. The van der Waals surface area contributed by atoms with Gasteiger partial charge in [-0.1, -0.05) is 12.1 Å². The highest BCUT2D eigenvalue weighted by atomic mass is 16.5. The number of hydrogen-bond donors (Lipinski definition) is 0. The van der Waals surface area contributed by atoms with Crippen LogP contribution >= 0.6 is 0 Å². The van der Waals surface area contributed by atoms with Crippen LogP contribution in [-0.4, -0.2) is 27.5 Å². The van der Waals surface area contributed by atoms with E-state index < -0.39 is 0 Å². The summed E-state index contributed by atoms with van der Waals surface area (Å²) in [5.74, 6) is 2.21. The summed E-state index contributed by atoms with van der Waals surface area (Å²) in [7, 11) is 0. The van der Waals surface area contributed by atoms with Crippen LogP contribution in [0.2, 0.25) is 0 Å². The van der Waals surface area contributed by atoms with Gasteiger partial charge < -0.3 is 13.8 Å². The van der Waals surface area contributed by atoms with E-state index in [2.05, 4.69) is 10.1 Å². The molecular formula is C15H19N3O3. The molecule has 6 heteroatoms. The van der Waals surface area contributed by atoms with Gasteiger partial charge in [-0.2, -0.15) is 4.98 Å². The van der Waals surface area contributed by atoms with E-state index in [1.807, 2.05) is 13.8 Å². The standard InChI is InChI=1S/C15H19N3O3/c1-3-13-16-14(21-17-13)11-6-4-5-9-18(11)15(19)12-8-7-10(2)20-12/h7-8,11H,3-6,9H2,1-2H3/t11-/m1/s1. The number of rotatable bonds is 3. The molecule has 0 bridgehead atoms. The molecule has 6 nitrogen and oxygen atoms in total. The van der Waals surface area contributed by atoms with Gasteiger partial charge in [0.15, 0.2) is 11.6 Å². The average Bonchev–Trinajstić information content (AvgIpc) is 3.15. The van der Waals surface area contributed by atoms with Gasteiger partial charge in [0, 0.05) is 13.0 Å². The number of amides is 1. The largest absolute Gasteiger partial charge is 0.456 e. The second-order valence-corrected chi connectivity index (χ2v) is 5.32. The van der Waals surface area contributed by atoms with Crippen LogP contribution in [-0.2, 0) is 6.42 Å². The van der Waals surface area contributed by atoms with Crippen LogP contribution in [0.25, 0.3) is 0 Å². The van der Waals surface area contributed by atoms with Crippen LogP contribution in [0.15, 0.2) is 21.1 Å². The summed E-state index contributed by atoms with van der Waals surface area (Å²) in [4.78, 5) is 18.8. The lowest BCUT2D eigenvalue weighted by Crippen LogP contribution is -2.38. The summed E-state index contributed by atoms with van der Waals surface area (Å²) in [6.45, 7) is 4.49. The number of aryl methyl sites for hydroxylation is 2. The van der Waals surface area contributed by atoms with E-state index >= 15 is 0 Å². The molecule has 0 N–H and O–H groups in total. The Labute approximate surface area is 123 Å². The molecule has 1 amide bonds. The number of hydrogen-bond acceptors (Lipinski definition) is 5. The highest BCUT2D eigenvalue weighted by Gasteiger charge is 2.33. The molecule has 3 heterocycles. The minimum atomic E-state index is -0.149. The van der Waals surface area contributed by atoms with Crippen molar-refractivity contribution in [2.45, 2.75) is 45.6 Å². The quantitative estimate of drug-likeness (QED) is 0.868. The fraction of sp³-hybridized carbons (Fsp3) is 0.533. The maximum absolute atomic E-state index is 12.6. The molecule has 0 aromatic carbocycles. The maximum atomic E-state index is 12.6. The SMILES string of the molecule is CCc1noc([C@H]2CCCCN2C(=O)c2ccc(C)o2)n1. The van der Waals surface area contributed by atoms with Crippen molar-refractivity contribution >= 4 is 5.91 Å². The van der Waals surface area contributed by atoms with Crippen molar-refractivity contribution < 1.29 is 13.7 Å². The van der Waals surface area contributed by atoms with E-state index in [1.54, 1.807) is 17.0 Å². The number of aromatic nitrogens is 2. The van der Waals surface area contributed by atoms with Gasteiger partial charge >= 0.3 is 0 Å². The summed E-state index contributed by atoms with van der Waals surface area (Å²) < 4.78 is 10.8. The number of piperidine rings is 1. The van der Waals surface area contributed by atoms with Gasteiger partial charge in [-0.25, -0.2) is 0 Å². The van der Waals surface area contributed by atoms with Crippen LogP contribution in [0.4, 0.5) is 0 Å². The molecule has 0 saturated carbocycles. The lowest BCUT2D eigenvalue weighted by molar-refractivity contribution is 0.0528. The summed E-state index contributed by atoms with van der Waals surface area (Å²) in [6, 6.07) is 3.37. The first-order valence-electron chi connectivity index (χ1n) is 7.39. The molecule has 2 aromatic heterocycles. The molecule has 1 fully saturated rings. The second kappa shape index (κ2) is 5.71. The van der Waals surface area contributed by atoms with Gasteiger partial charge in [0.2, 0.25) is 5.89 Å². The number of carbonyl (C=O) groups excluding carboxylic acids is 1. The van der Waals surface area contributed by atoms with Crippen molar-refractivity contribution in [2.24, 2.45) is 0 Å². The molecule has 21 heavy (non-hydrogen) atoms. The third-order valence-electron chi connectivity index (χ3n) is 3.80. The van der Waals surface area contributed by atoms with Crippen LogP contribution in [0, 0.1) is 6.92 Å². The highest BCUT2D eigenvalue weighted by Crippen LogP contribution is 2.31. The molecular weight excluding hydrogens is 270 g/mol. The topological polar surface area (TPSA) is 72.4 Å². The van der Waals surface area contributed by atoms with Crippen molar-refractivity contribution in [1.29, 1.82) is 0 Å². The Hall–Kier alpha value is -2.11. The third kappa shape index (κ3) is 2.70. The smallest absolute Gasteiger partial charge is 0.290 e.